The molecule has 1 atom stereocenters. The summed E-state index contributed by atoms with van der Waals surface area (Å²) in [6.07, 6.45) is 1.71. The summed E-state index contributed by atoms with van der Waals surface area (Å²) in [6.45, 7) is 3.51. The van der Waals surface area contributed by atoms with E-state index in [0.717, 1.165) is 28.5 Å². The van der Waals surface area contributed by atoms with Gasteiger partial charge in [-0.2, -0.15) is 0 Å². The molecule has 0 bridgehead atoms. The van der Waals surface area contributed by atoms with Gasteiger partial charge in [-0.25, -0.2) is 4.79 Å². The smallest absolute Gasteiger partial charge is 0.329 e. The largest absolute Gasteiger partial charge is 0.480 e. The molecule has 1 aromatic heterocycles. The number of aliphatic carboxylic acids is 1. The maximum atomic E-state index is 12.5. The lowest BCUT2D eigenvalue weighted by molar-refractivity contribution is -0.144. The first-order chi connectivity index (χ1) is 9.93. The summed E-state index contributed by atoms with van der Waals surface area (Å²) in [5.41, 5.74) is -0.253. The van der Waals surface area contributed by atoms with Gasteiger partial charge in [0.1, 0.15) is 5.54 Å². The van der Waals surface area contributed by atoms with Crippen molar-refractivity contribution >= 4 is 33.3 Å². The first-order valence-electron chi connectivity index (χ1n) is 6.97. The van der Waals surface area contributed by atoms with E-state index < -0.39 is 11.5 Å². The Bertz CT molecular complexity index is 732. The van der Waals surface area contributed by atoms with Gasteiger partial charge >= 0.3 is 5.97 Å². The van der Waals surface area contributed by atoms with Gasteiger partial charge in [-0.15, -0.1) is 11.3 Å². The van der Waals surface area contributed by atoms with Crippen LogP contribution in [0, 0.1) is 12.8 Å². The third-order valence-corrected chi connectivity index (χ3v) is 5.53. The molecule has 4 nitrogen and oxygen atoms in total. The number of fused-ring (bicyclic) bond motifs is 1. The second-order valence-electron chi connectivity index (χ2n) is 5.79. The highest BCUT2D eigenvalue weighted by molar-refractivity contribution is 7.21. The van der Waals surface area contributed by atoms with Gasteiger partial charge in [0.15, 0.2) is 0 Å². The molecule has 0 saturated heterocycles. The van der Waals surface area contributed by atoms with Crippen LogP contribution in [0.1, 0.15) is 35.0 Å². The van der Waals surface area contributed by atoms with Crippen molar-refractivity contribution in [2.24, 2.45) is 5.92 Å². The van der Waals surface area contributed by atoms with Crippen molar-refractivity contribution in [3.05, 3.63) is 34.7 Å². The molecule has 1 saturated carbocycles. The zero-order valence-electron chi connectivity index (χ0n) is 12.0. The number of carboxylic acid groups (broad SMARTS) is 1. The van der Waals surface area contributed by atoms with E-state index in [4.69, 9.17) is 0 Å². The lowest BCUT2D eigenvalue weighted by Crippen LogP contribution is -2.53. The molecule has 1 aliphatic carbocycles. The number of nitrogens with one attached hydrogen (secondary N) is 1. The number of aryl methyl sites for hydroxylation is 1. The summed E-state index contributed by atoms with van der Waals surface area (Å²) in [5, 5.41) is 13.2. The predicted molar refractivity (Wildman–Crippen MR) is 82.8 cm³/mol. The Hall–Kier alpha value is -1.88. The van der Waals surface area contributed by atoms with E-state index in [0.29, 0.717) is 4.88 Å². The lowest BCUT2D eigenvalue weighted by Gasteiger charge is -2.25. The van der Waals surface area contributed by atoms with Gasteiger partial charge in [0.2, 0.25) is 0 Å². The second-order valence-corrected chi connectivity index (χ2v) is 6.84. The van der Waals surface area contributed by atoms with Gasteiger partial charge in [0.25, 0.3) is 5.91 Å². The van der Waals surface area contributed by atoms with E-state index in [2.05, 4.69) is 5.32 Å². The lowest BCUT2D eigenvalue weighted by atomic mass is 9.95. The van der Waals surface area contributed by atoms with Crippen LogP contribution in [0.3, 0.4) is 0 Å². The van der Waals surface area contributed by atoms with Crippen LogP contribution in [-0.4, -0.2) is 22.5 Å². The van der Waals surface area contributed by atoms with Crippen molar-refractivity contribution in [3.8, 4) is 0 Å². The Labute approximate surface area is 126 Å². The van der Waals surface area contributed by atoms with Gasteiger partial charge in [0, 0.05) is 4.70 Å². The second kappa shape index (κ2) is 4.84. The highest BCUT2D eigenvalue weighted by atomic mass is 32.1. The minimum absolute atomic E-state index is 0.0358. The fourth-order valence-electron chi connectivity index (χ4n) is 2.67. The Balaban J connectivity index is 1.93. The van der Waals surface area contributed by atoms with Crippen molar-refractivity contribution in [1.29, 1.82) is 0 Å². The van der Waals surface area contributed by atoms with Crippen LogP contribution in [0.25, 0.3) is 10.1 Å². The Morgan fingerprint density at radius 2 is 2.00 bits per heavy atom. The minimum atomic E-state index is -1.17. The molecule has 110 valence electrons. The standard InChI is InChI=1S/C16H17NO3S/c1-9-11-5-3-4-6-12(11)21-13(9)14(18)17-16(2,15(19)20)10-7-8-10/h3-6,10H,7-8H2,1-2H3,(H,17,18)(H,19,20). The first kappa shape index (κ1) is 14.1. The van der Waals surface area contributed by atoms with E-state index in [1.807, 2.05) is 31.2 Å². The quantitative estimate of drug-likeness (QED) is 0.911. The highest BCUT2D eigenvalue weighted by Gasteiger charge is 2.48. The van der Waals surface area contributed by atoms with Gasteiger partial charge in [-0.05, 0) is 49.6 Å². The molecule has 2 N–H and O–H groups in total. The van der Waals surface area contributed by atoms with E-state index in [-0.39, 0.29) is 11.8 Å². The van der Waals surface area contributed by atoms with E-state index in [1.165, 1.54) is 11.3 Å². The molecule has 0 radical (unpaired) electrons. The average molecular weight is 303 g/mol. The molecule has 0 aliphatic heterocycles. The number of rotatable bonds is 4. The van der Waals surface area contributed by atoms with E-state index in [1.54, 1.807) is 6.92 Å². The summed E-state index contributed by atoms with van der Waals surface area (Å²) < 4.78 is 1.05. The van der Waals surface area contributed by atoms with Crippen LogP contribution in [0.2, 0.25) is 0 Å². The average Bonchev–Trinajstić information content (AvgIpc) is 3.24. The number of benzene rings is 1. The maximum Gasteiger partial charge on any atom is 0.329 e. The number of hydrogen-bond donors (Lipinski definition) is 2. The summed E-state index contributed by atoms with van der Waals surface area (Å²) in [6, 6.07) is 7.83. The molecule has 1 aliphatic rings. The van der Waals surface area contributed by atoms with Crippen LogP contribution in [0.5, 0.6) is 0 Å². The molecule has 1 fully saturated rings. The molecule has 1 aromatic carbocycles. The number of hydrogen-bond acceptors (Lipinski definition) is 3. The Morgan fingerprint density at radius 1 is 1.33 bits per heavy atom. The van der Waals surface area contributed by atoms with Crippen LogP contribution in [0.15, 0.2) is 24.3 Å². The fraction of sp³-hybridized carbons (Fsp3) is 0.375. The minimum Gasteiger partial charge on any atom is -0.480 e. The monoisotopic (exact) mass is 303 g/mol. The summed E-state index contributed by atoms with van der Waals surface area (Å²) in [4.78, 5) is 24.6. The maximum absolute atomic E-state index is 12.5. The van der Waals surface area contributed by atoms with Crippen LogP contribution >= 0.6 is 11.3 Å². The van der Waals surface area contributed by atoms with Crippen molar-refractivity contribution in [1.82, 2.24) is 5.32 Å². The molecule has 1 amide bonds. The van der Waals surface area contributed by atoms with Crippen molar-refractivity contribution in [2.75, 3.05) is 0 Å². The van der Waals surface area contributed by atoms with Gasteiger partial charge in [-0.1, -0.05) is 18.2 Å². The van der Waals surface area contributed by atoms with Crippen LogP contribution < -0.4 is 5.32 Å². The zero-order chi connectivity index (χ0) is 15.2. The molecule has 21 heavy (non-hydrogen) atoms. The predicted octanol–water partition coefficient (Wildman–Crippen LogP) is 3.19. The Morgan fingerprint density at radius 3 is 2.57 bits per heavy atom. The molecule has 2 aromatic rings. The third-order valence-electron chi connectivity index (χ3n) is 4.26. The van der Waals surface area contributed by atoms with Gasteiger partial charge in [0.05, 0.1) is 4.88 Å². The topological polar surface area (TPSA) is 66.4 Å². The van der Waals surface area contributed by atoms with Crippen molar-refractivity contribution in [2.45, 2.75) is 32.2 Å². The summed E-state index contributed by atoms with van der Waals surface area (Å²) in [5.74, 6) is -1.21. The van der Waals surface area contributed by atoms with Crippen LogP contribution in [0.4, 0.5) is 0 Å². The molecular formula is C16H17NO3S. The number of carbonyl (C=O) groups is 2. The molecule has 5 heteroatoms. The normalized spacial score (nSPS) is 17.4. The van der Waals surface area contributed by atoms with E-state index >= 15 is 0 Å². The fourth-order valence-corrected chi connectivity index (χ4v) is 3.78. The number of carboxylic acids is 1. The third kappa shape index (κ3) is 2.31. The molecule has 0 spiro atoms. The SMILES string of the molecule is Cc1c(C(=O)NC(C)(C(=O)O)C2CC2)sc2ccccc12. The summed E-state index contributed by atoms with van der Waals surface area (Å²) in [7, 11) is 0. The van der Waals surface area contributed by atoms with E-state index in [9.17, 15) is 14.7 Å². The Kier molecular flexibility index (Phi) is 3.24. The molecule has 3 rings (SSSR count). The zero-order valence-corrected chi connectivity index (χ0v) is 12.8. The van der Waals surface area contributed by atoms with Crippen molar-refractivity contribution < 1.29 is 14.7 Å². The number of carbonyl (C=O) groups excluding carboxylic acids is 1. The summed E-state index contributed by atoms with van der Waals surface area (Å²) >= 11 is 1.41. The van der Waals surface area contributed by atoms with Crippen LogP contribution in [-0.2, 0) is 4.79 Å². The number of amides is 1. The molecular weight excluding hydrogens is 286 g/mol. The van der Waals surface area contributed by atoms with Gasteiger partial charge in [-0.3, -0.25) is 4.79 Å². The molecule has 1 heterocycles. The first-order valence-corrected chi connectivity index (χ1v) is 7.79. The number of thiophene rings is 1. The molecule has 1 unspecified atom stereocenters. The van der Waals surface area contributed by atoms with Crippen molar-refractivity contribution in [3.63, 3.8) is 0 Å². The van der Waals surface area contributed by atoms with Gasteiger partial charge < -0.3 is 10.4 Å². The highest BCUT2D eigenvalue weighted by Crippen LogP contribution is 2.40.